The second-order valence-corrected chi connectivity index (χ2v) is 5.28. The molecule has 0 unspecified atom stereocenters. The van der Waals surface area contributed by atoms with E-state index < -0.39 is 17.6 Å². The van der Waals surface area contributed by atoms with E-state index in [9.17, 15) is 18.0 Å². The SMILES string of the molecule is CCONC(=O)c1cnn(-c2ccc(C(F)(F)F)cn2)c1C(C)C. The van der Waals surface area contributed by atoms with Gasteiger partial charge < -0.3 is 0 Å². The van der Waals surface area contributed by atoms with Gasteiger partial charge in [-0.3, -0.25) is 9.63 Å². The van der Waals surface area contributed by atoms with E-state index in [4.69, 9.17) is 4.84 Å². The first-order chi connectivity index (χ1) is 11.3. The molecule has 1 N–H and O–H groups in total. The van der Waals surface area contributed by atoms with Gasteiger partial charge in [-0.1, -0.05) is 13.8 Å². The molecule has 0 saturated heterocycles. The van der Waals surface area contributed by atoms with Crippen molar-refractivity contribution in [2.45, 2.75) is 32.9 Å². The van der Waals surface area contributed by atoms with Crippen LogP contribution in [0.25, 0.3) is 5.82 Å². The number of carbonyl (C=O) groups excluding carboxylic acids is 1. The summed E-state index contributed by atoms with van der Waals surface area (Å²) in [5, 5.41) is 4.09. The van der Waals surface area contributed by atoms with E-state index in [1.807, 2.05) is 13.8 Å². The molecule has 0 atom stereocenters. The van der Waals surface area contributed by atoms with Gasteiger partial charge in [-0.15, -0.1) is 0 Å². The Hall–Kier alpha value is -2.42. The van der Waals surface area contributed by atoms with Gasteiger partial charge in [0.15, 0.2) is 5.82 Å². The maximum Gasteiger partial charge on any atom is 0.417 e. The Labute approximate surface area is 136 Å². The fraction of sp³-hybridized carbons (Fsp3) is 0.400. The molecule has 0 aliphatic carbocycles. The smallest absolute Gasteiger partial charge is 0.274 e. The van der Waals surface area contributed by atoms with E-state index in [-0.39, 0.29) is 17.3 Å². The summed E-state index contributed by atoms with van der Waals surface area (Å²) in [6.07, 6.45) is -2.39. The third-order valence-electron chi connectivity index (χ3n) is 3.20. The zero-order valence-electron chi connectivity index (χ0n) is 13.4. The van der Waals surface area contributed by atoms with Crippen molar-refractivity contribution in [2.24, 2.45) is 0 Å². The van der Waals surface area contributed by atoms with E-state index in [1.165, 1.54) is 16.9 Å². The van der Waals surface area contributed by atoms with Crippen LogP contribution in [0.15, 0.2) is 24.5 Å². The number of hydroxylamine groups is 1. The van der Waals surface area contributed by atoms with Gasteiger partial charge in [-0.2, -0.15) is 18.3 Å². The van der Waals surface area contributed by atoms with Crippen molar-refractivity contribution in [1.29, 1.82) is 0 Å². The van der Waals surface area contributed by atoms with Crippen LogP contribution in [0.5, 0.6) is 0 Å². The summed E-state index contributed by atoms with van der Waals surface area (Å²) < 4.78 is 39.2. The number of halogens is 3. The Morgan fingerprint density at radius 3 is 2.54 bits per heavy atom. The molecule has 1 amide bonds. The Morgan fingerprint density at radius 1 is 1.33 bits per heavy atom. The third-order valence-corrected chi connectivity index (χ3v) is 3.20. The number of pyridine rings is 1. The molecule has 2 aromatic rings. The average Bonchev–Trinajstić information content (AvgIpc) is 2.97. The third kappa shape index (κ3) is 3.73. The van der Waals surface area contributed by atoms with Crippen molar-refractivity contribution >= 4 is 5.91 Å². The van der Waals surface area contributed by atoms with Crippen molar-refractivity contribution in [3.8, 4) is 5.82 Å². The number of alkyl halides is 3. The molecular formula is C15H17F3N4O2. The van der Waals surface area contributed by atoms with E-state index >= 15 is 0 Å². The zero-order valence-corrected chi connectivity index (χ0v) is 13.4. The Kier molecular flexibility index (Phi) is 5.23. The number of aromatic nitrogens is 3. The van der Waals surface area contributed by atoms with Crippen LogP contribution in [0.1, 0.15) is 48.3 Å². The van der Waals surface area contributed by atoms with E-state index in [0.717, 1.165) is 12.3 Å². The minimum Gasteiger partial charge on any atom is -0.274 e. The predicted molar refractivity (Wildman–Crippen MR) is 79.5 cm³/mol. The molecule has 130 valence electrons. The molecule has 24 heavy (non-hydrogen) atoms. The highest BCUT2D eigenvalue weighted by atomic mass is 19.4. The van der Waals surface area contributed by atoms with Crippen molar-refractivity contribution < 1.29 is 22.8 Å². The molecule has 0 spiro atoms. The van der Waals surface area contributed by atoms with Crippen LogP contribution in [0.2, 0.25) is 0 Å². The van der Waals surface area contributed by atoms with Crippen molar-refractivity contribution in [3.63, 3.8) is 0 Å². The molecule has 0 aliphatic rings. The van der Waals surface area contributed by atoms with Crippen molar-refractivity contribution in [2.75, 3.05) is 6.61 Å². The molecule has 0 radical (unpaired) electrons. The summed E-state index contributed by atoms with van der Waals surface area (Å²) in [5.41, 5.74) is 2.23. The van der Waals surface area contributed by atoms with Crippen molar-refractivity contribution in [3.05, 3.63) is 41.3 Å². The van der Waals surface area contributed by atoms with Gasteiger partial charge in [0.2, 0.25) is 0 Å². The summed E-state index contributed by atoms with van der Waals surface area (Å²) in [5.74, 6) is -0.389. The minimum absolute atomic E-state index is 0.112. The van der Waals surface area contributed by atoms with Gasteiger partial charge in [0.05, 0.1) is 29.6 Å². The van der Waals surface area contributed by atoms with E-state index in [2.05, 4.69) is 15.6 Å². The molecular weight excluding hydrogens is 325 g/mol. The van der Waals surface area contributed by atoms with Crippen LogP contribution >= 0.6 is 0 Å². The summed E-state index contributed by atoms with van der Waals surface area (Å²) >= 11 is 0. The summed E-state index contributed by atoms with van der Waals surface area (Å²) in [7, 11) is 0. The summed E-state index contributed by atoms with van der Waals surface area (Å²) in [4.78, 5) is 20.8. The molecule has 0 aromatic carbocycles. The van der Waals surface area contributed by atoms with Crippen molar-refractivity contribution in [1.82, 2.24) is 20.2 Å². The maximum absolute atomic E-state index is 12.6. The lowest BCUT2D eigenvalue weighted by molar-refractivity contribution is -0.137. The first-order valence-corrected chi connectivity index (χ1v) is 7.29. The molecule has 0 aliphatic heterocycles. The maximum atomic E-state index is 12.6. The molecule has 0 fully saturated rings. The van der Waals surface area contributed by atoms with Crippen LogP contribution < -0.4 is 5.48 Å². The Morgan fingerprint density at radius 2 is 2.04 bits per heavy atom. The number of rotatable bonds is 5. The largest absolute Gasteiger partial charge is 0.417 e. The number of amides is 1. The number of hydrogen-bond acceptors (Lipinski definition) is 4. The second kappa shape index (κ2) is 7.00. The van der Waals surface area contributed by atoms with Gasteiger partial charge in [0.1, 0.15) is 0 Å². The van der Waals surface area contributed by atoms with Gasteiger partial charge in [-0.25, -0.2) is 15.1 Å². The van der Waals surface area contributed by atoms with E-state index in [0.29, 0.717) is 12.3 Å². The summed E-state index contributed by atoms with van der Waals surface area (Å²) in [6, 6.07) is 2.14. The summed E-state index contributed by atoms with van der Waals surface area (Å²) in [6.45, 7) is 5.71. The van der Waals surface area contributed by atoms with E-state index in [1.54, 1.807) is 6.92 Å². The molecule has 2 heterocycles. The lowest BCUT2D eigenvalue weighted by Crippen LogP contribution is -2.25. The number of hydrogen-bond donors (Lipinski definition) is 1. The number of nitrogens with one attached hydrogen (secondary N) is 1. The molecule has 9 heteroatoms. The molecule has 2 aromatic heterocycles. The first-order valence-electron chi connectivity index (χ1n) is 7.29. The fourth-order valence-corrected chi connectivity index (χ4v) is 2.14. The highest BCUT2D eigenvalue weighted by Crippen LogP contribution is 2.29. The van der Waals surface area contributed by atoms with Crippen LogP contribution in [0, 0.1) is 0 Å². The minimum atomic E-state index is -4.46. The predicted octanol–water partition coefficient (Wildman–Crippen LogP) is 3.09. The number of carbonyl (C=O) groups is 1. The lowest BCUT2D eigenvalue weighted by Gasteiger charge is -2.13. The zero-order chi connectivity index (χ0) is 17.9. The Bertz CT molecular complexity index is 708. The second-order valence-electron chi connectivity index (χ2n) is 5.28. The Balaban J connectivity index is 2.40. The highest BCUT2D eigenvalue weighted by molar-refractivity contribution is 5.94. The quantitative estimate of drug-likeness (QED) is 0.848. The molecule has 6 nitrogen and oxygen atoms in total. The average molecular weight is 342 g/mol. The van der Waals surface area contributed by atoms with Gasteiger partial charge in [-0.05, 0) is 25.0 Å². The first kappa shape index (κ1) is 17.9. The molecule has 0 saturated carbocycles. The van der Waals surface area contributed by atoms with Gasteiger partial charge >= 0.3 is 6.18 Å². The standard InChI is InChI=1S/C15H17F3N4O2/c1-4-24-21-14(23)11-8-20-22(13(11)9(2)3)12-6-5-10(7-19-12)15(16,17)18/h5-9H,4H2,1-3H3,(H,21,23). The van der Waals surface area contributed by atoms with Gasteiger partial charge in [0.25, 0.3) is 5.91 Å². The number of nitrogens with zero attached hydrogens (tertiary/aromatic N) is 3. The monoisotopic (exact) mass is 342 g/mol. The lowest BCUT2D eigenvalue weighted by atomic mass is 10.1. The van der Waals surface area contributed by atoms with Gasteiger partial charge in [0, 0.05) is 6.20 Å². The fourth-order valence-electron chi connectivity index (χ4n) is 2.14. The van der Waals surface area contributed by atoms with Crippen LogP contribution in [0.4, 0.5) is 13.2 Å². The molecule has 0 bridgehead atoms. The van der Waals surface area contributed by atoms with Crippen LogP contribution in [0.3, 0.4) is 0 Å². The topological polar surface area (TPSA) is 69.0 Å². The van der Waals surface area contributed by atoms with Crippen LogP contribution in [-0.2, 0) is 11.0 Å². The molecule has 2 rings (SSSR count). The highest BCUT2D eigenvalue weighted by Gasteiger charge is 2.31. The van der Waals surface area contributed by atoms with Crippen LogP contribution in [-0.4, -0.2) is 27.3 Å². The normalized spacial score (nSPS) is 11.8.